The molecule has 3 aliphatic rings. The van der Waals surface area contributed by atoms with Crippen LogP contribution in [0.2, 0.25) is 0 Å². The van der Waals surface area contributed by atoms with Gasteiger partial charge in [-0.25, -0.2) is 4.98 Å². The second kappa shape index (κ2) is 12.0. The SMILES string of the molecule is CO/N=C(\CCC(=O)O)c1nc2ccccc2n([C@@H](C)C[C@@H]2CCCCN2C2CC3CCCC(C3)C2)c1=O. The number of para-hydroxylation sites is 2. The van der Waals surface area contributed by atoms with Gasteiger partial charge >= 0.3 is 5.97 Å². The van der Waals surface area contributed by atoms with E-state index in [1.54, 1.807) is 0 Å². The van der Waals surface area contributed by atoms with Gasteiger partial charge in [0.1, 0.15) is 12.8 Å². The van der Waals surface area contributed by atoms with E-state index in [0.29, 0.717) is 17.6 Å². The molecule has 5 rings (SSSR count). The summed E-state index contributed by atoms with van der Waals surface area (Å²) < 4.78 is 1.87. The zero-order valence-corrected chi connectivity index (χ0v) is 22.8. The van der Waals surface area contributed by atoms with Gasteiger partial charge in [0.15, 0.2) is 5.69 Å². The number of carboxylic acid groups (broad SMARTS) is 1. The normalized spacial score (nSPS) is 27.3. The molecule has 4 atom stereocenters. The van der Waals surface area contributed by atoms with Gasteiger partial charge in [0, 0.05) is 24.5 Å². The Labute approximate surface area is 225 Å². The molecule has 2 bridgehead atoms. The minimum Gasteiger partial charge on any atom is -0.481 e. The average molecular weight is 523 g/mol. The van der Waals surface area contributed by atoms with Crippen molar-refractivity contribution in [2.45, 2.75) is 102 Å². The number of carbonyl (C=O) groups is 1. The molecule has 206 valence electrons. The topological polar surface area (TPSA) is 97.0 Å². The summed E-state index contributed by atoms with van der Waals surface area (Å²) in [4.78, 5) is 37.6. The number of rotatable bonds is 9. The number of fused-ring (bicyclic) bond motifs is 3. The van der Waals surface area contributed by atoms with Crippen LogP contribution in [-0.4, -0.2) is 57.0 Å². The van der Waals surface area contributed by atoms with Crippen molar-refractivity contribution in [3.05, 3.63) is 40.3 Å². The molecule has 0 spiro atoms. The summed E-state index contributed by atoms with van der Waals surface area (Å²) in [5.74, 6) is 0.838. The molecule has 1 N–H and O–H groups in total. The molecule has 2 saturated carbocycles. The molecule has 1 aromatic heterocycles. The molecule has 8 heteroatoms. The number of aromatic nitrogens is 2. The van der Waals surface area contributed by atoms with Gasteiger partial charge in [-0.3, -0.25) is 14.5 Å². The van der Waals surface area contributed by atoms with Gasteiger partial charge in [-0.05, 0) is 76.0 Å². The molecule has 3 fully saturated rings. The molecule has 1 aromatic carbocycles. The van der Waals surface area contributed by atoms with E-state index in [9.17, 15) is 14.7 Å². The minimum absolute atomic E-state index is 0.0360. The Kier molecular flexibility index (Phi) is 8.46. The van der Waals surface area contributed by atoms with E-state index in [0.717, 1.165) is 23.8 Å². The summed E-state index contributed by atoms with van der Waals surface area (Å²) in [5.41, 5.74) is 1.73. The number of likely N-dealkylation sites (tertiary alicyclic amines) is 1. The van der Waals surface area contributed by atoms with Crippen molar-refractivity contribution in [1.82, 2.24) is 14.5 Å². The van der Waals surface area contributed by atoms with Gasteiger partial charge in [0.25, 0.3) is 5.56 Å². The highest BCUT2D eigenvalue weighted by molar-refractivity contribution is 6.00. The van der Waals surface area contributed by atoms with Gasteiger partial charge in [-0.15, -0.1) is 0 Å². The van der Waals surface area contributed by atoms with Crippen LogP contribution in [0.5, 0.6) is 0 Å². The lowest BCUT2D eigenvalue weighted by molar-refractivity contribution is -0.136. The Balaban J connectivity index is 1.45. The Hall–Kier alpha value is -2.74. The molecule has 2 aliphatic carbocycles. The number of nitrogens with zero attached hydrogens (tertiary/aromatic N) is 4. The van der Waals surface area contributed by atoms with Crippen LogP contribution in [0.4, 0.5) is 0 Å². The van der Waals surface area contributed by atoms with E-state index in [-0.39, 0.29) is 35.8 Å². The quantitative estimate of drug-likeness (QED) is 0.351. The first kappa shape index (κ1) is 26.9. The first-order chi connectivity index (χ1) is 18.4. The van der Waals surface area contributed by atoms with Crippen LogP contribution >= 0.6 is 0 Å². The van der Waals surface area contributed by atoms with Crippen molar-refractivity contribution in [2.75, 3.05) is 13.7 Å². The minimum atomic E-state index is -0.951. The molecule has 1 aliphatic heterocycles. The first-order valence-electron chi connectivity index (χ1n) is 14.5. The van der Waals surface area contributed by atoms with Crippen molar-refractivity contribution in [3.63, 3.8) is 0 Å². The zero-order valence-electron chi connectivity index (χ0n) is 22.8. The Bertz CT molecular complexity index is 1210. The van der Waals surface area contributed by atoms with E-state index >= 15 is 0 Å². The van der Waals surface area contributed by atoms with Gasteiger partial charge in [-0.2, -0.15) is 0 Å². The maximum atomic E-state index is 13.9. The van der Waals surface area contributed by atoms with E-state index in [1.165, 1.54) is 71.4 Å². The number of aliphatic carboxylic acids is 1. The highest BCUT2D eigenvalue weighted by Crippen LogP contribution is 2.43. The van der Waals surface area contributed by atoms with Gasteiger partial charge in [0.05, 0.1) is 17.5 Å². The molecule has 0 radical (unpaired) electrons. The predicted octanol–water partition coefficient (Wildman–Crippen LogP) is 5.39. The lowest BCUT2D eigenvalue weighted by Crippen LogP contribution is -2.50. The average Bonchev–Trinajstić information content (AvgIpc) is 2.90. The predicted molar refractivity (Wildman–Crippen MR) is 149 cm³/mol. The van der Waals surface area contributed by atoms with Crippen LogP contribution in [0.3, 0.4) is 0 Å². The first-order valence-corrected chi connectivity index (χ1v) is 14.5. The van der Waals surface area contributed by atoms with Gasteiger partial charge < -0.3 is 14.5 Å². The fourth-order valence-corrected chi connectivity index (χ4v) is 7.55. The maximum absolute atomic E-state index is 13.9. The summed E-state index contributed by atoms with van der Waals surface area (Å²) >= 11 is 0. The van der Waals surface area contributed by atoms with Crippen LogP contribution in [-0.2, 0) is 9.63 Å². The highest BCUT2D eigenvalue weighted by atomic mass is 16.6. The fourth-order valence-electron chi connectivity index (χ4n) is 7.55. The molecule has 2 aromatic rings. The number of oxime groups is 1. The molecule has 2 unspecified atom stereocenters. The molecule has 8 nitrogen and oxygen atoms in total. The van der Waals surface area contributed by atoms with Crippen molar-refractivity contribution in [3.8, 4) is 0 Å². The highest BCUT2D eigenvalue weighted by Gasteiger charge is 2.38. The van der Waals surface area contributed by atoms with E-state index in [2.05, 4.69) is 22.0 Å². The molecule has 38 heavy (non-hydrogen) atoms. The second-order valence-corrected chi connectivity index (χ2v) is 11.7. The Morgan fingerprint density at radius 3 is 2.61 bits per heavy atom. The third kappa shape index (κ3) is 5.80. The van der Waals surface area contributed by atoms with Crippen molar-refractivity contribution in [1.29, 1.82) is 0 Å². The molecule has 0 amide bonds. The smallest absolute Gasteiger partial charge is 0.303 e. The summed E-state index contributed by atoms with van der Waals surface area (Å²) in [5, 5.41) is 13.2. The third-order valence-corrected chi connectivity index (χ3v) is 9.14. The van der Waals surface area contributed by atoms with Crippen molar-refractivity contribution >= 4 is 22.7 Å². The Morgan fingerprint density at radius 2 is 1.87 bits per heavy atom. The Morgan fingerprint density at radius 1 is 1.11 bits per heavy atom. The van der Waals surface area contributed by atoms with Crippen molar-refractivity contribution in [2.24, 2.45) is 17.0 Å². The van der Waals surface area contributed by atoms with Crippen LogP contribution in [0.15, 0.2) is 34.2 Å². The van der Waals surface area contributed by atoms with E-state index in [1.807, 2.05) is 28.8 Å². The molecular formula is C30H42N4O4. The summed E-state index contributed by atoms with van der Waals surface area (Å²) in [6.45, 7) is 3.31. The largest absolute Gasteiger partial charge is 0.481 e. The zero-order chi connectivity index (χ0) is 26.6. The number of benzene rings is 1. The monoisotopic (exact) mass is 522 g/mol. The number of hydrogen-bond donors (Lipinski definition) is 1. The lowest BCUT2D eigenvalue weighted by Gasteiger charge is -2.48. The van der Waals surface area contributed by atoms with Crippen molar-refractivity contribution < 1.29 is 14.7 Å². The standard InChI is InChI=1S/C30H42N4O4/c1-20(16-23-10-5-6-15-33(23)24-18-21-8-7-9-22(17-21)19-24)34-27-12-4-3-11-25(27)31-29(30(34)37)26(32-38-2)13-14-28(35)36/h3-4,11-12,20-24H,5-10,13-19H2,1-2H3,(H,35,36)/b32-26+/t20-,21?,22?,23-,24?/m0/s1. The van der Waals surface area contributed by atoms with Crippen LogP contribution in [0.25, 0.3) is 11.0 Å². The van der Waals surface area contributed by atoms with Crippen LogP contribution in [0, 0.1) is 11.8 Å². The van der Waals surface area contributed by atoms with Gasteiger partial charge in [0.2, 0.25) is 0 Å². The van der Waals surface area contributed by atoms with Crippen LogP contribution < -0.4 is 5.56 Å². The maximum Gasteiger partial charge on any atom is 0.303 e. The number of piperidine rings is 1. The van der Waals surface area contributed by atoms with E-state index in [4.69, 9.17) is 4.84 Å². The molecular weight excluding hydrogens is 480 g/mol. The number of hydrogen-bond acceptors (Lipinski definition) is 6. The molecule has 2 heterocycles. The molecule has 1 saturated heterocycles. The van der Waals surface area contributed by atoms with Crippen LogP contribution in [0.1, 0.15) is 95.7 Å². The summed E-state index contributed by atoms with van der Waals surface area (Å²) in [6.07, 6.45) is 12.8. The summed E-state index contributed by atoms with van der Waals surface area (Å²) in [7, 11) is 1.40. The fraction of sp³-hybridized carbons (Fsp3) is 0.667. The van der Waals surface area contributed by atoms with E-state index < -0.39 is 5.97 Å². The summed E-state index contributed by atoms with van der Waals surface area (Å²) in [6, 6.07) is 8.80. The second-order valence-electron chi connectivity index (χ2n) is 11.7. The third-order valence-electron chi connectivity index (χ3n) is 9.14. The number of carboxylic acids is 1. The lowest BCUT2D eigenvalue weighted by atomic mass is 9.69. The van der Waals surface area contributed by atoms with Gasteiger partial charge in [-0.1, -0.05) is 43.0 Å².